The normalized spacial score (nSPS) is 13.3. The number of nitro groups is 1. The first-order chi connectivity index (χ1) is 10.6. The molecule has 0 bridgehead atoms. The summed E-state index contributed by atoms with van der Waals surface area (Å²) in [5, 5.41) is 12.3. The van der Waals surface area contributed by atoms with Gasteiger partial charge in [0.1, 0.15) is 13.2 Å². The predicted molar refractivity (Wildman–Crippen MR) is 81.8 cm³/mol. The lowest BCUT2D eigenvalue weighted by atomic mass is 10.1. The second-order valence-electron chi connectivity index (χ2n) is 4.53. The number of hydrogen-bond donors (Lipinski definition) is 0. The minimum Gasteiger partial charge on any atom is -0.486 e. The Labute approximate surface area is 129 Å². The number of carbonyl (C=O) groups is 1. The fourth-order valence-electron chi connectivity index (χ4n) is 1.99. The van der Waals surface area contributed by atoms with Crippen LogP contribution in [0.2, 0.25) is 0 Å². The van der Waals surface area contributed by atoms with Crippen LogP contribution in [0.3, 0.4) is 0 Å². The fourth-order valence-corrected chi connectivity index (χ4v) is 2.68. The van der Waals surface area contributed by atoms with Crippen molar-refractivity contribution in [2.24, 2.45) is 0 Å². The van der Waals surface area contributed by atoms with Gasteiger partial charge in [-0.25, -0.2) is 0 Å². The molecule has 7 heteroatoms. The van der Waals surface area contributed by atoms with Gasteiger partial charge in [-0.2, -0.15) is 0 Å². The summed E-state index contributed by atoms with van der Waals surface area (Å²) in [5.41, 5.74) is 1.10. The number of thiophene rings is 1. The fraction of sp³-hybridized carbons (Fsp3) is 0.133. The predicted octanol–water partition coefficient (Wildman–Crippen LogP) is 3.32. The van der Waals surface area contributed by atoms with Gasteiger partial charge in [0.15, 0.2) is 17.3 Å². The van der Waals surface area contributed by atoms with Crippen LogP contribution < -0.4 is 9.47 Å². The Hall–Kier alpha value is -2.67. The highest BCUT2D eigenvalue weighted by Crippen LogP contribution is 2.31. The largest absolute Gasteiger partial charge is 0.486 e. The van der Waals surface area contributed by atoms with E-state index in [2.05, 4.69) is 0 Å². The van der Waals surface area contributed by atoms with E-state index >= 15 is 0 Å². The van der Waals surface area contributed by atoms with Crippen molar-refractivity contribution < 1.29 is 19.2 Å². The number of ether oxygens (including phenoxy) is 2. The molecule has 1 aromatic heterocycles. The first-order valence-corrected chi connectivity index (χ1v) is 7.36. The molecule has 0 aliphatic carbocycles. The molecule has 0 radical (unpaired) electrons. The molecule has 6 nitrogen and oxygen atoms in total. The summed E-state index contributed by atoms with van der Waals surface area (Å²) in [5.74, 6) is 0.975. The molecule has 2 aromatic rings. The summed E-state index contributed by atoms with van der Waals surface area (Å²) in [6, 6.07) is 6.43. The number of carbonyl (C=O) groups excluding carboxylic acids is 1. The highest BCUT2D eigenvalue weighted by Gasteiger charge is 2.14. The smallest absolute Gasteiger partial charge is 0.324 e. The summed E-state index contributed by atoms with van der Waals surface area (Å²) in [7, 11) is 0. The molecule has 1 aliphatic heterocycles. The van der Waals surface area contributed by atoms with Gasteiger partial charge in [0.2, 0.25) is 0 Å². The number of hydrogen-bond acceptors (Lipinski definition) is 6. The van der Waals surface area contributed by atoms with E-state index in [-0.39, 0.29) is 10.8 Å². The lowest BCUT2D eigenvalue weighted by molar-refractivity contribution is -0.380. The Morgan fingerprint density at radius 2 is 2.00 bits per heavy atom. The molecule has 2 heterocycles. The second kappa shape index (κ2) is 5.98. The minimum absolute atomic E-state index is 0.0476. The Bertz CT molecular complexity index is 765. The number of rotatable bonds is 4. The quantitative estimate of drug-likeness (QED) is 0.374. The highest BCUT2D eigenvalue weighted by molar-refractivity contribution is 7.13. The molecule has 0 saturated carbocycles. The van der Waals surface area contributed by atoms with Gasteiger partial charge in [0, 0.05) is 17.0 Å². The lowest BCUT2D eigenvalue weighted by Crippen LogP contribution is -2.15. The van der Waals surface area contributed by atoms with E-state index in [0.717, 1.165) is 11.3 Å². The summed E-state index contributed by atoms with van der Waals surface area (Å²) >= 11 is 1.03. The molecule has 1 aliphatic rings. The maximum atomic E-state index is 12.1. The van der Waals surface area contributed by atoms with E-state index in [1.54, 1.807) is 29.7 Å². The SMILES string of the molecule is O=C(/C=C/c1csc([N+](=O)[O-])c1)c1ccc2c(c1)OCCO2. The van der Waals surface area contributed by atoms with Crippen LogP contribution in [-0.4, -0.2) is 23.9 Å². The molecule has 0 amide bonds. The van der Waals surface area contributed by atoms with E-state index in [1.807, 2.05) is 0 Å². The summed E-state index contributed by atoms with van der Waals surface area (Å²) < 4.78 is 10.8. The molecule has 0 fully saturated rings. The van der Waals surface area contributed by atoms with Crippen LogP contribution in [0, 0.1) is 10.1 Å². The van der Waals surface area contributed by atoms with Crippen molar-refractivity contribution in [1.82, 2.24) is 0 Å². The molecule has 0 atom stereocenters. The van der Waals surface area contributed by atoms with Gasteiger partial charge < -0.3 is 9.47 Å². The lowest BCUT2D eigenvalue weighted by Gasteiger charge is -2.18. The maximum Gasteiger partial charge on any atom is 0.324 e. The van der Waals surface area contributed by atoms with Crippen LogP contribution in [0.5, 0.6) is 11.5 Å². The van der Waals surface area contributed by atoms with Crippen molar-refractivity contribution in [1.29, 1.82) is 0 Å². The zero-order valence-corrected chi connectivity index (χ0v) is 12.2. The Balaban J connectivity index is 1.76. The van der Waals surface area contributed by atoms with E-state index in [1.165, 1.54) is 12.1 Å². The van der Waals surface area contributed by atoms with Gasteiger partial charge in [-0.3, -0.25) is 14.9 Å². The minimum atomic E-state index is -0.454. The van der Waals surface area contributed by atoms with Gasteiger partial charge in [0.05, 0.1) is 4.92 Å². The average molecular weight is 317 g/mol. The van der Waals surface area contributed by atoms with Gasteiger partial charge in [-0.1, -0.05) is 11.3 Å². The molecule has 112 valence electrons. The van der Waals surface area contributed by atoms with Crippen LogP contribution in [0.1, 0.15) is 15.9 Å². The van der Waals surface area contributed by atoms with E-state index < -0.39 is 4.92 Å². The van der Waals surface area contributed by atoms with Crippen molar-refractivity contribution in [2.75, 3.05) is 13.2 Å². The molecule has 0 spiro atoms. The van der Waals surface area contributed by atoms with Gasteiger partial charge in [-0.05, 0) is 35.9 Å². The van der Waals surface area contributed by atoms with Crippen LogP contribution >= 0.6 is 11.3 Å². The Morgan fingerprint density at radius 1 is 1.23 bits per heavy atom. The Kier molecular flexibility index (Phi) is 3.88. The molecule has 0 saturated heterocycles. The third-order valence-corrected chi connectivity index (χ3v) is 3.94. The summed E-state index contributed by atoms with van der Waals surface area (Å²) in [4.78, 5) is 22.3. The van der Waals surface area contributed by atoms with Crippen molar-refractivity contribution in [2.45, 2.75) is 0 Å². The van der Waals surface area contributed by atoms with Gasteiger partial charge in [0.25, 0.3) is 0 Å². The monoisotopic (exact) mass is 317 g/mol. The van der Waals surface area contributed by atoms with Crippen molar-refractivity contribution >= 4 is 28.2 Å². The standard InChI is InChI=1S/C15H11NO5S/c17-12(3-1-10-7-15(16(18)19)22-9-10)11-2-4-13-14(8-11)21-6-5-20-13/h1-4,7-9H,5-6H2/b3-1+. The third-order valence-electron chi connectivity index (χ3n) is 3.04. The molecular formula is C15H11NO5S. The zero-order valence-electron chi connectivity index (χ0n) is 11.4. The van der Waals surface area contributed by atoms with E-state index in [9.17, 15) is 14.9 Å². The van der Waals surface area contributed by atoms with Crippen LogP contribution in [0.15, 0.2) is 35.7 Å². The number of fused-ring (bicyclic) bond motifs is 1. The zero-order chi connectivity index (χ0) is 15.5. The first kappa shape index (κ1) is 14.3. The van der Waals surface area contributed by atoms with Crippen molar-refractivity contribution in [3.8, 4) is 11.5 Å². The van der Waals surface area contributed by atoms with Crippen LogP contribution in [0.4, 0.5) is 5.00 Å². The molecular weight excluding hydrogens is 306 g/mol. The van der Waals surface area contributed by atoms with Crippen molar-refractivity contribution in [3.63, 3.8) is 0 Å². The van der Waals surface area contributed by atoms with Gasteiger partial charge in [-0.15, -0.1) is 0 Å². The number of allylic oxidation sites excluding steroid dienone is 1. The number of nitrogens with zero attached hydrogens (tertiary/aromatic N) is 1. The first-order valence-electron chi connectivity index (χ1n) is 6.48. The molecule has 3 rings (SSSR count). The van der Waals surface area contributed by atoms with Gasteiger partial charge >= 0.3 is 5.00 Å². The maximum absolute atomic E-state index is 12.1. The average Bonchev–Trinajstić information content (AvgIpc) is 3.01. The molecule has 22 heavy (non-hydrogen) atoms. The highest BCUT2D eigenvalue weighted by atomic mass is 32.1. The Morgan fingerprint density at radius 3 is 2.73 bits per heavy atom. The number of ketones is 1. The summed E-state index contributed by atoms with van der Waals surface area (Å²) in [6.07, 6.45) is 2.94. The van der Waals surface area contributed by atoms with E-state index in [4.69, 9.17) is 9.47 Å². The van der Waals surface area contributed by atoms with Crippen molar-refractivity contribution in [3.05, 3.63) is 57.0 Å². The molecule has 1 aromatic carbocycles. The van der Waals surface area contributed by atoms with Crippen LogP contribution in [0.25, 0.3) is 6.08 Å². The molecule has 0 unspecified atom stereocenters. The summed E-state index contributed by atoms with van der Waals surface area (Å²) in [6.45, 7) is 0.955. The third kappa shape index (κ3) is 2.99. The van der Waals surface area contributed by atoms with E-state index in [0.29, 0.717) is 35.8 Å². The topological polar surface area (TPSA) is 78.7 Å². The second-order valence-corrected chi connectivity index (χ2v) is 5.42. The number of benzene rings is 1. The molecule has 0 N–H and O–H groups in total. The van der Waals surface area contributed by atoms with Crippen LogP contribution in [-0.2, 0) is 0 Å².